The van der Waals surface area contributed by atoms with Crippen LogP contribution in [0.5, 0.6) is 17.2 Å². The van der Waals surface area contributed by atoms with Crippen LogP contribution in [0.4, 0.5) is 0 Å². The first-order valence-corrected chi connectivity index (χ1v) is 8.55. The smallest absolute Gasteiger partial charge is 0.303 e. The van der Waals surface area contributed by atoms with E-state index in [1.807, 2.05) is 36.4 Å². The van der Waals surface area contributed by atoms with Crippen LogP contribution in [0.25, 0.3) is 0 Å². The lowest BCUT2D eigenvalue weighted by Crippen LogP contribution is -2.23. The van der Waals surface area contributed by atoms with Gasteiger partial charge in [-0.1, -0.05) is 30.3 Å². The van der Waals surface area contributed by atoms with E-state index in [-0.39, 0.29) is 25.3 Å². The second-order valence-corrected chi connectivity index (χ2v) is 5.63. The van der Waals surface area contributed by atoms with Gasteiger partial charge in [-0.15, -0.1) is 0 Å². The summed E-state index contributed by atoms with van der Waals surface area (Å²) in [7, 11) is 1.54. The predicted octanol–water partition coefficient (Wildman–Crippen LogP) is 2.63. The fraction of sp³-hybridized carbons (Fsp3) is 0.300. The Morgan fingerprint density at radius 3 is 2.41 bits per heavy atom. The van der Waals surface area contributed by atoms with Crippen molar-refractivity contribution in [3.8, 4) is 17.2 Å². The highest BCUT2D eigenvalue weighted by atomic mass is 16.5. The standard InChI is InChI=1S/C20H23NO6/c1-25-17-9-5-6-15(14-21-18(22)10-11-19(23)24)20(17)27-13-12-26-16-7-3-2-4-8-16/h2-9H,10-14H2,1H3,(H,21,22)(H,23,24). The quantitative estimate of drug-likeness (QED) is 0.588. The summed E-state index contributed by atoms with van der Waals surface area (Å²) in [6, 6.07) is 14.8. The van der Waals surface area contributed by atoms with Crippen LogP contribution >= 0.6 is 0 Å². The highest BCUT2D eigenvalue weighted by Gasteiger charge is 2.12. The van der Waals surface area contributed by atoms with Crippen LogP contribution in [0, 0.1) is 0 Å². The third-order valence-electron chi connectivity index (χ3n) is 3.66. The first-order valence-electron chi connectivity index (χ1n) is 8.55. The Morgan fingerprint density at radius 2 is 1.70 bits per heavy atom. The summed E-state index contributed by atoms with van der Waals surface area (Å²) in [5, 5.41) is 11.3. The van der Waals surface area contributed by atoms with Crippen molar-refractivity contribution >= 4 is 11.9 Å². The van der Waals surface area contributed by atoms with Crippen LogP contribution in [0.15, 0.2) is 48.5 Å². The van der Waals surface area contributed by atoms with Gasteiger partial charge in [0.2, 0.25) is 5.91 Å². The number of hydrogen-bond donors (Lipinski definition) is 2. The average molecular weight is 373 g/mol. The van der Waals surface area contributed by atoms with Gasteiger partial charge in [-0.3, -0.25) is 9.59 Å². The van der Waals surface area contributed by atoms with Gasteiger partial charge in [0.25, 0.3) is 0 Å². The lowest BCUT2D eigenvalue weighted by atomic mass is 10.1. The number of methoxy groups -OCH3 is 1. The summed E-state index contributed by atoms with van der Waals surface area (Å²) in [4.78, 5) is 22.3. The van der Waals surface area contributed by atoms with Crippen LogP contribution in [0.3, 0.4) is 0 Å². The van der Waals surface area contributed by atoms with Gasteiger partial charge in [0.1, 0.15) is 19.0 Å². The van der Waals surface area contributed by atoms with E-state index in [1.165, 1.54) is 7.11 Å². The molecule has 0 saturated carbocycles. The molecule has 0 aliphatic heterocycles. The van der Waals surface area contributed by atoms with Crippen molar-refractivity contribution in [2.45, 2.75) is 19.4 Å². The number of carboxylic acids is 1. The molecule has 1 amide bonds. The molecule has 0 atom stereocenters. The van der Waals surface area contributed by atoms with Crippen LogP contribution in [-0.2, 0) is 16.1 Å². The number of aliphatic carboxylic acids is 1. The van der Waals surface area contributed by atoms with Gasteiger partial charge < -0.3 is 24.6 Å². The number of benzene rings is 2. The Hall–Kier alpha value is -3.22. The summed E-state index contributed by atoms with van der Waals surface area (Å²) in [6.45, 7) is 0.867. The highest BCUT2D eigenvalue weighted by Crippen LogP contribution is 2.31. The first-order chi connectivity index (χ1) is 13.1. The molecule has 0 spiro atoms. The number of carbonyl (C=O) groups is 2. The Kier molecular flexibility index (Phi) is 7.96. The lowest BCUT2D eigenvalue weighted by Gasteiger charge is -2.16. The van der Waals surface area contributed by atoms with Crippen molar-refractivity contribution in [3.63, 3.8) is 0 Å². The van der Waals surface area contributed by atoms with Crippen molar-refractivity contribution in [3.05, 3.63) is 54.1 Å². The zero-order valence-electron chi connectivity index (χ0n) is 15.1. The molecule has 7 heteroatoms. The SMILES string of the molecule is COc1cccc(CNC(=O)CCC(=O)O)c1OCCOc1ccccc1. The molecular formula is C20H23NO6. The van der Waals surface area contributed by atoms with Gasteiger partial charge in [0.05, 0.1) is 13.5 Å². The van der Waals surface area contributed by atoms with E-state index in [0.717, 1.165) is 11.3 Å². The minimum absolute atomic E-state index is 0.0690. The number of nitrogens with one attached hydrogen (secondary N) is 1. The topological polar surface area (TPSA) is 94.1 Å². The number of para-hydroxylation sites is 2. The molecule has 0 radical (unpaired) electrons. The van der Waals surface area contributed by atoms with E-state index in [1.54, 1.807) is 12.1 Å². The molecule has 7 nitrogen and oxygen atoms in total. The largest absolute Gasteiger partial charge is 0.493 e. The molecule has 144 valence electrons. The van der Waals surface area contributed by atoms with E-state index in [0.29, 0.717) is 24.7 Å². The molecule has 2 rings (SSSR count). The molecule has 0 bridgehead atoms. The maximum absolute atomic E-state index is 11.7. The molecule has 0 aliphatic carbocycles. The predicted molar refractivity (Wildman–Crippen MR) is 99.1 cm³/mol. The second kappa shape index (κ2) is 10.7. The Labute approximate surface area is 157 Å². The van der Waals surface area contributed by atoms with Crippen molar-refractivity contribution in [1.82, 2.24) is 5.32 Å². The number of carbonyl (C=O) groups excluding carboxylic acids is 1. The molecule has 2 N–H and O–H groups in total. The minimum Gasteiger partial charge on any atom is -0.493 e. The number of carboxylic acid groups (broad SMARTS) is 1. The zero-order chi connectivity index (χ0) is 19.5. The summed E-state index contributed by atoms with van der Waals surface area (Å²) in [5.41, 5.74) is 0.734. The normalized spacial score (nSPS) is 10.1. The van der Waals surface area contributed by atoms with E-state index in [9.17, 15) is 9.59 Å². The first kappa shape index (κ1) is 20.1. The number of hydrogen-bond acceptors (Lipinski definition) is 5. The van der Waals surface area contributed by atoms with Gasteiger partial charge in [-0.05, 0) is 18.2 Å². The number of rotatable bonds is 11. The molecular weight excluding hydrogens is 350 g/mol. The Balaban J connectivity index is 1.91. The van der Waals surface area contributed by atoms with Crippen LogP contribution < -0.4 is 19.5 Å². The zero-order valence-corrected chi connectivity index (χ0v) is 15.1. The van der Waals surface area contributed by atoms with Crippen molar-refractivity contribution in [2.75, 3.05) is 20.3 Å². The summed E-state index contributed by atoms with van der Waals surface area (Å²) >= 11 is 0. The number of amides is 1. The fourth-order valence-corrected chi connectivity index (χ4v) is 2.35. The Bertz CT molecular complexity index is 747. The number of ether oxygens (including phenoxy) is 3. The lowest BCUT2D eigenvalue weighted by molar-refractivity contribution is -0.138. The molecule has 2 aromatic rings. The van der Waals surface area contributed by atoms with E-state index < -0.39 is 5.97 Å². The van der Waals surface area contributed by atoms with E-state index in [2.05, 4.69) is 5.32 Å². The third kappa shape index (κ3) is 6.89. The van der Waals surface area contributed by atoms with Gasteiger partial charge in [-0.2, -0.15) is 0 Å². The molecule has 0 aromatic heterocycles. The van der Waals surface area contributed by atoms with E-state index >= 15 is 0 Å². The molecule has 0 saturated heterocycles. The highest BCUT2D eigenvalue weighted by molar-refractivity contribution is 5.80. The van der Waals surface area contributed by atoms with E-state index in [4.69, 9.17) is 19.3 Å². The van der Waals surface area contributed by atoms with Crippen molar-refractivity contribution in [2.24, 2.45) is 0 Å². The maximum atomic E-state index is 11.7. The maximum Gasteiger partial charge on any atom is 0.303 e. The summed E-state index contributed by atoms with van der Waals surface area (Å²) in [5.74, 6) is 0.488. The third-order valence-corrected chi connectivity index (χ3v) is 3.66. The van der Waals surface area contributed by atoms with Crippen molar-refractivity contribution < 1.29 is 28.9 Å². The monoisotopic (exact) mass is 373 g/mol. The molecule has 2 aromatic carbocycles. The molecule has 0 heterocycles. The van der Waals surface area contributed by atoms with Crippen LogP contribution in [-0.4, -0.2) is 37.3 Å². The molecule has 27 heavy (non-hydrogen) atoms. The average Bonchev–Trinajstić information content (AvgIpc) is 2.69. The van der Waals surface area contributed by atoms with Gasteiger partial charge in [0, 0.05) is 18.5 Å². The summed E-state index contributed by atoms with van der Waals surface area (Å²) in [6.07, 6.45) is -0.273. The second-order valence-electron chi connectivity index (χ2n) is 5.63. The van der Waals surface area contributed by atoms with Crippen LogP contribution in [0.1, 0.15) is 18.4 Å². The summed E-state index contributed by atoms with van der Waals surface area (Å²) < 4.78 is 16.7. The van der Waals surface area contributed by atoms with Gasteiger partial charge in [-0.25, -0.2) is 0 Å². The molecule has 0 unspecified atom stereocenters. The molecule has 0 aliphatic rings. The Morgan fingerprint density at radius 1 is 0.963 bits per heavy atom. The van der Waals surface area contributed by atoms with Gasteiger partial charge >= 0.3 is 5.97 Å². The minimum atomic E-state index is -1.01. The van der Waals surface area contributed by atoms with Crippen molar-refractivity contribution in [1.29, 1.82) is 0 Å². The molecule has 0 fully saturated rings. The fourth-order valence-electron chi connectivity index (χ4n) is 2.35. The van der Waals surface area contributed by atoms with Crippen LogP contribution in [0.2, 0.25) is 0 Å². The van der Waals surface area contributed by atoms with Gasteiger partial charge in [0.15, 0.2) is 11.5 Å².